The van der Waals surface area contributed by atoms with Gasteiger partial charge in [-0.2, -0.15) is 5.26 Å². The molecule has 1 N–H and O–H groups in total. The molecule has 0 unspecified atom stereocenters. The topological polar surface area (TPSA) is 56.9 Å². The molecular weight excluding hydrogens is 246 g/mol. The summed E-state index contributed by atoms with van der Waals surface area (Å²) in [4.78, 5) is 3.44. The fraction of sp³-hybridized carbons (Fsp3) is 0.143. The molecule has 0 aliphatic rings. The maximum Gasteiger partial charge on any atom is 0.266 e. The summed E-state index contributed by atoms with van der Waals surface area (Å²) in [5.74, 6) is -0.408. The van der Waals surface area contributed by atoms with E-state index >= 15 is 0 Å². The number of nitriles is 1. The van der Waals surface area contributed by atoms with Crippen LogP contribution >= 0.6 is 15.9 Å². The Kier molecular flexibility index (Phi) is 2.78. The molecule has 0 fully saturated rings. The van der Waals surface area contributed by atoms with Crippen LogP contribution in [-0.4, -0.2) is 10.1 Å². The Labute approximate surface area is 80.8 Å². The van der Waals surface area contributed by atoms with Gasteiger partial charge in [-0.05, 0) is 22.0 Å². The SMILES string of the molecule is N#Cc1nc(Br)c(O)cc1C(F)F. The number of alkyl halides is 2. The highest BCUT2D eigenvalue weighted by atomic mass is 79.9. The smallest absolute Gasteiger partial charge is 0.266 e. The average Bonchev–Trinajstić information content (AvgIpc) is 2.08. The Morgan fingerprint density at radius 3 is 2.69 bits per heavy atom. The first-order valence-corrected chi connectivity index (χ1v) is 3.93. The van der Waals surface area contributed by atoms with Gasteiger partial charge < -0.3 is 5.11 Å². The van der Waals surface area contributed by atoms with Crippen LogP contribution in [0, 0.1) is 11.3 Å². The molecule has 0 aliphatic heterocycles. The van der Waals surface area contributed by atoms with Crippen molar-refractivity contribution in [2.45, 2.75) is 6.43 Å². The zero-order valence-electron chi connectivity index (χ0n) is 6.13. The zero-order chi connectivity index (χ0) is 10.0. The van der Waals surface area contributed by atoms with Gasteiger partial charge in [-0.15, -0.1) is 0 Å². The predicted octanol–water partition coefficient (Wildman–Crippen LogP) is 2.36. The second kappa shape index (κ2) is 3.66. The van der Waals surface area contributed by atoms with E-state index in [1.807, 2.05) is 0 Å². The third kappa shape index (κ3) is 1.92. The van der Waals surface area contributed by atoms with E-state index in [0.29, 0.717) is 0 Å². The number of aromatic nitrogens is 1. The molecule has 3 nitrogen and oxygen atoms in total. The van der Waals surface area contributed by atoms with Crippen LogP contribution in [-0.2, 0) is 0 Å². The van der Waals surface area contributed by atoms with Crippen molar-refractivity contribution in [1.82, 2.24) is 4.98 Å². The van der Waals surface area contributed by atoms with E-state index in [9.17, 15) is 8.78 Å². The van der Waals surface area contributed by atoms with Crippen LogP contribution in [0.5, 0.6) is 5.75 Å². The number of pyridine rings is 1. The van der Waals surface area contributed by atoms with E-state index in [0.717, 1.165) is 6.07 Å². The molecule has 68 valence electrons. The standard InChI is InChI=1S/C7H3BrF2N2O/c8-6-5(13)1-3(7(9)10)4(2-11)12-6/h1,7,13H. The van der Waals surface area contributed by atoms with Gasteiger partial charge in [0.1, 0.15) is 16.4 Å². The first-order chi connectivity index (χ1) is 6.06. The minimum Gasteiger partial charge on any atom is -0.505 e. The van der Waals surface area contributed by atoms with Crippen molar-refractivity contribution in [2.75, 3.05) is 0 Å². The molecule has 0 aliphatic carbocycles. The number of rotatable bonds is 1. The summed E-state index contributed by atoms with van der Waals surface area (Å²) in [5.41, 5.74) is -0.956. The maximum atomic E-state index is 12.2. The molecule has 0 amide bonds. The fourth-order valence-electron chi connectivity index (χ4n) is 0.751. The molecule has 13 heavy (non-hydrogen) atoms. The molecule has 0 atom stereocenters. The van der Waals surface area contributed by atoms with Crippen LogP contribution in [0.3, 0.4) is 0 Å². The molecular formula is C7H3BrF2N2O. The highest BCUT2D eigenvalue weighted by Gasteiger charge is 2.16. The molecule has 0 saturated carbocycles. The Bertz CT molecular complexity index is 375. The molecule has 0 aromatic carbocycles. The van der Waals surface area contributed by atoms with Gasteiger partial charge in [-0.1, -0.05) is 0 Å². The quantitative estimate of drug-likeness (QED) is 0.777. The Balaban J connectivity index is 3.35. The lowest BCUT2D eigenvalue weighted by Crippen LogP contribution is -1.94. The van der Waals surface area contributed by atoms with Gasteiger partial charge in [0.2, 0.25) is 0 Å². The Morgan fingerprint density at radius 2 is 2.23 bits per heavy atom. The van der Waals surface area contributed by atoms with Crippen LogP contribution in [0.1, 0.15) is 17.7 Å². The van der Waals surface area contributed by atoms with Gasteiger partial charge in [0.15, 0.2) is 5.69 Å². The normalized spacial score (nSPS) is 10.1. The first kappa shape index (κ1) is 9.86. The summed E-state index contributed by atoms with van der Waals surface area (Å²) in [6.45, 7) is 0. The summed E-state index contributed by atoms with van der Waals surface area (Å²) < 4.78 is 24.4. The van der Waals surface area contributed by atoms with Crippen molar-refractivity contribution in [3.63, 3.8) is 0 Å². The van der Waals surface area contributed by atoms with E-state index in [1.54, 1.807) is 0 Å². The molecule has 1 heterocycles. The predicted molar refractivity (Wildman–Crippen MR) is 43.3 cm³/mol. The summed E-state index contributed by atoms with van der Waals surface area (Å²) in [7, 11) is 0. The van der Waals surface area contributed by atoms with Crippen molar-refractivity contribution in [2.24, 2.45) is 0 Å². The van der Waals surface area contributed by atoms with Crippen LogP contribution in [0.4, 0.5) is 8.78 Å². The number of aromatic hydroxyl groups is 1. The molecule has 0 spiro atoms. The Morgan fingerprint density at radius 1 is 1.62 bits per heavy atom. The van der Waals surface area contributed by atoms with Crippen LogP contribution in [0.25, 0.3) is 0 Å². The monoisotopic (exact) mass is 248 g/mol. The van der Waals surface area contributed by atoms with Crippen molar-refractivity contribution >= 4 is 15.9 Å². The van der Waals surface area contributed by atoms with Crippen LogP contribution in [0.2, 0.25) is 0 Å². The second-order valence-electron chi connectivity index (χ2n) is 2.15. The lowest BCUT2D eigenvalue weighted by Gasteiger charge is -2.03. The van der Waals surface area contributed by atoms with Crippen molar-refractivity contribution < 1.29 is 13.9 Å². The number of halogens is 3. The van der Waals surface area contributed by atoms with Gasteiger partial charge in [0, 0.05) is 0 Å². The molecule has 6 heteroatoms. The Hall–Kier alpha value is -1.22. The minimum absolute atomic E-state index is 0.0200. The molecule has 1 rings (SSSR count). The summed E-state index contributed by atoms with van der Waals surface area (Å²) in [5, 5.41) is 17.5. The summed E-state index contributed by atoms with van der Waals surface area (Å²) >= 11 is 2.81. The first-order valence-electron chi connectivity index (χ1n) is 3.14. The van der Waals surface area contributed by atoms with E-state index in [1.165, 1.54) is 6.07 Å². The largest absolute Gasteiger partial charge is 0.505 e. The van der Waals surface area contributed by atoms with Gasteiger partial charge in [-0.3, -0.25) is 0 Å². The van der Waals surface area contributed by atoms with Crippen LogP contribution < -0.4 is 0 Å². The second-order valence-corrected chi connectivity index (χ2v) is 2.90. The lowest BCUT2D eigenvalue weighted by atomic mass is 10.2. The molecule has 0 bridgehead atoms. The maximum absolute atomic E-state index is 12.2. The highest BCUT2D eigenvalue weighted by Crippen LogP contribution is 2.29. The molecule has 0 saturated heterocycles. The van der Waals surface area contributed by atoms with Gasteiger partial charge >= 0.3 is 0 Å². The average molecular weight is 249 g/mol. The van der Waals surface area contributed by atoms with Crippen molar-refractivity contribution in [3.8, 4) is 11.8 Å². The van der Waals surface area contributed by atoms with Gasteiger partial charge in [-0.25, -0.2) is 13.8 Å². The fourth-order valence-corrected chi connectivity index (χ4v) is 1.04. The van der Waals surface area contributed by atoms with Gasteiger partial charge in [0.05, 0.1) is 5.56 Å². The number of hydrogen-bond acceptors (Lipinski definition) is 3. The summed E-state index contributed by atoms with van der Waals surface area (Å²) in [6, 6.07) is 2.33. The summed E-state index contributed by atoms with van der Waals surface area (Å²) in [6.07, 6.45) is -2.82. The molecule has 1 aromatic rings. The lowest BCUT2D eigenvalue weighted by molar-refractivity contribution is 0.150. The van der Waals surface area contributed by atoms with E-state index in [4.69, 9.17) is 10.4 Å². The molecule has 1 aromatic heterocycles. The third-order valence-corrected chi connectivity index (χ3v) is 1.91. The van der Waals surface area contributed by atoms with Gasteiger partial charge in [0.25, 0.3) is 6.43 Å². The highest BCUT2D eigenvalue weighted by molar-refractivity contribution is 9.10. The zero-order valence-corrected chi connectivity index (χ0v) is 7.72. The van der Waals surface area contributed by atoms with Crippen molar-refractivity contribution in [3.05, 3.63) is 21.9 Å². The molecule has 0 radical (unpaired) electrons. The number of nitrogens with zero attached hydrogens (tertiary/aromatic N) is 2. The number of hydrogen-bond donors (Lipinski definition) is 1. The third-order valence-electron chi connectivity index (χ3n) is 1.33. The van der Waals surface area contributed by atoms with Crippen LogP contribution in [0.15, 0.2) is 10.7 Å². The van der Waals surface area contributed by atoms with Crippen molar-refractivity contribution in [1.29, 1.82) is 5.26 Å². The van der Waals surface area contributed by atoms with E-state index in [2.05, 4.69) is 20.9 Å². The van der Waals surface area contributed by atoms with E-state index in [-0.39, 0.29) is 10.3 Å². The van der Waals surface area contributed by atoms with E-state index < -0.39 is 17.7 Å². The minimum atomic E-state index is -2.82.